The lowest BCUT2D eigenvalue weighted by Gasteiger charge is -1.95. The third-order valence-electron chi connectivity index (χ3n) is 1.85. The van der Waals surface area contributed by atoms with E-state index < -0.39 is 0 Å². The number of para-hydroxylation sites is 1. The summed E-state index contributed by atoms with van der Waals surface area (Å²) in [6.45, 7) is 0. The molecule has 1 aliphatic heterocycles. The van der Waals surface area contributed by atoms with Gasteiger partial charge in [-0.1, -0.05) is 18.2 Å². The number of rotatable bonds is 0. The van der Waals surface area contributed by atoms with Crippen LogP contribution < -0.4 is 5.32 Å². The lowest BCUT2D eigenvalue weighted by Crippen LogP contribution is -1.89. The number of allylic oxidation sites excluding steroid dienone is 1. The average molecular weight is 147 g/mol. The molecule has 2 N–H and O–H groups in total. The van der Waals surface area contributed by atoms with Gasteiger partial charge in [-0.25, -0.2) is 0 Å². The number of nitrogens with one attached hydrogen (secondary N) is 1. The van der Waals surface area contributed by atoms with E-state index in [4.69, 9.17) is 5.11 Å². The first-order valence-electron chi connectivity index (χ1n) is 3.58. The van der Waals surface area contributed by atoms with E-state index in [1.807, 2.05) is 18.2 Å². The molecule has 2 heteroatoms. The van der Waals surface area contributed by atoms with Crippen molar-refractivity contribution in [2.75, 3.05) is 5.32 Å². The van der Waals surface area contributed by atoms with Gasteiger partial charge >= 0.3 is 0 Å². The second kappa shape index (κ2) is 2.31. The highest BCUT2D eigenvalue weighted by molar-refractivity contribution is 5.61. The minimum absolute atomic E-state index is 0.812. The molecule has 1 aromatic carbocycles. The molecule has 0 saturated carbocycles. The molecule has 56 valence electrons. The van der Waals surface area contributed by atoms with Crippen molar-refractivity contribution in [1.29, 1.82) is 0 Å². The quantitative estimate of drug-likeness (QED) is 0.550. The van der Waals surface area contributed by atoms with E-state index in [2.05, 4.69) is 11.4 Å². The lowest BCUT2D eigenvalue weighted by molar-refractivity contribution is 0.467. The zero-order chi connectivity index (χ0) is 7.68. The smallest absolute Gasteiger partial charge is 0.0987 e. The van der Waals surface area contributed by atoms with Crippen molar-refractivity contribution in [3.8, 4) is 0 Å². The van der Waals surface area contributed by atoms with Gasteiger partial charge in [0, 0.05) is 12.1 Å². The van der Waals surface area contributed by atoms with E-state index in [0.717, 1.165) is 24.1 Å². The monoisotopic (exact) mass is 147 g/mol. The molecule has 0 aliphatic carbocycles. The van der Waals surface area contributed by atoms with E-state index in [9.17, 15) is 0 Å². The van der Waals surface area contributed by atoms with Gasteiger partial charge in [-0.2, -0.15) is 0 Å². The molecule has 0 fully saturated rings. The highest BCUT2D eigenvalue weighted by Crippen LogP contribution is 2.26. The highest BCUT2D eigenvalue weighted by Gasteiger charge is 2.12. The minimum atomic E-state index is 0.812. The fraction of sp³-hybridized carbons (Fsp3) is 0.111. The van der Waals surface area contributed by atoms with Gasteiger partial charge in [0.15, 0.2) is 0 Å². The summed E-state index contributed by atoms with van der Waals surface area (Å²) < 4.78 is 0. The maximum atomic E-state index is 8.71. The Kier molecular flexibility index (Phi) is 1.32. The molecule has 0 bridgehead atoms. The number of aliphatic hydroxyl groups excluding tert-OH is 1. The summed E-state index contributed by atoms with van der Waals surface area (Å²) in [6, 6.07) is 8.04. The molecule has 11 heavy (non-hydrogen) atoms. The number of hydrogen-bond donors (Lipinski definition) is 2. The molecule has 1 aromatic rings. The van der Waals surface area contributed by atoms with E-state index in [1.165, 1.54) is 5.56 Å². The summed E-state index contributed by atoms with van der Waals surface area (Å²) in [5, 5.41) is 11.8. The van der Waals surface area contributed by atoms with Crippen molar-refractivity contribution < 1.29 is 5.11 Å². The first kappa shape index (κ1) is 6.28. The van der Waals surface area contributed by atoms with Crippen LogP contribution in [0.5, 0.6) is 0 Å². The molecule has 0 atom stereocenters. The molecule has 1 heterocycles. The van der Waals surface area contributed by atoms with Gasteiger partial charge in [0.05, 0.1) is 12.0 Å². The Morgan fingerprint density at radius 1 is 1.36 bits per heavy atom. The Balaban J connectivity index is 2.41. The Morgan fingerprint density at radius 3 is 2.91 bits per heavy atom. The Bertz CT molecular complexity index is 277. The predicted molar refractivity (Wildman–Crippen MR) is 44.5 cm³/mol. The van der Waals surface area contributed by atoms with Gasteiger partial charge in [-0.3, -0.25) is 0 Å². The number of aliphatic hydroxyl groups is 1. The fourth-order valence-corrected chi connectivity index (χ4v) is 1.30. The van der Waals surface area contributed by atoms with Gasteiger partial charge in [-0.15, -0.1) is 0 Å². The number of benzene rings is 1. The van der Waals surface area contributed by atoms with E-state index in [0.29, 0.717) is 0 Å². The molecule has 0 radical (unpaired) electrons. The van der Waals surface area contributed by atoms with Crippen LogP contribution in [0.2, 0.25) is 0 Å². The Hall–Kier alpha value is -1.44. The van der Waals surface area contributed by atoms with Crippen LogP contribution in [0.1, 0.15) is 5.56 Å². The third kappa shape index (κ3) is 0.963. The first-order valence-corrected chi connectivity index (χ1v) is 3.58. The van der Waals surface area contributed by atoms with Crippen LogP contribution in [0.15, 0.2) is 36.2 Å². The van der Waals surface area contributed by atoms with Crippen LogP contribution in [0.25, 0.3) is 0 Å². The van der Waals surface area contributed by atoms with Crippen molar-refractivity contribution in [2.45, 2.75) is 6.42 Å². The molecular weight excluding hydrogens is 138 g/mol. The molecule has 0 amide bonds. The van der Waals surface area contributed by atoms with Crippen LogP contribution in [-0.4, -0.2) is 5.11 Å². The molecule has 2 rings (SSSR count). The van der Waals surface area contributed by atoms with E-state index in [1.54, 1.807) is 0 Å². The summed E-state index contributed by atoms with van der Waals surface area (Å²) in [7, 11) is 0. The Labute approximate surface area is 65.2 Å². The van der Waals surface area contributed by atoms with Crippen molar-refractivity contribution in [3.63, 3.8) is 0 Å². The van der Waals surface area contributed by atoms with Crippen LogP contribution in [0.3, 0.4) is 0 Å². The standard InChI is InChI=1S/C9H9NO/c11-6-8-5-7-3-1-2-4-9(7)10-8/h1-4,6,10-11H,5H2/b8-6-. The molecule has 2 nitrogen and oxygen atoms in total. The van der Waals surface area contributed by atoms with Gasteiger partial charge in [0.25, 0.3) is 0 Å². The largest absolute Gasteiger partial charge is 0.514 e. The lowest BCUT2D eigenvalue weighted by atomic mass is 10.1. The SMILES string of the molecule is O/C=C1/Cc2ccccc2N1. The average Bonchev–Trinajstić information content (AvgIpc) is 2.46. The summed E-state index contributed by atoms with van der Waals surface area (Å²) >= 11 is 0. The topological polar surface area (TPSA) is 32.3 Å². The second-order valence-corrected chi connectivity index (χ2v) is 2.61. The second-order valence-electron chi connectivity index (χ2n) is 2.61. The maximum Gasteiger partial charge on any atom is 0.0987 e. The van der Waals surface area contributed by atoms with Crippen molar-refractivity contribution in [3.05, 3.63) is 41.8 Å². The van der Waals surface area contributed by atoms with Crippen molar-refractivity contribution in [2.24, 2.45) is 0 Å². The van der Waals surface area contributed by atoms with E-state index in [-0.39, 0.29) is 0 Å². The summed E-state index contributed by atoms with van der Waals surface area (Å²) in [5.74, 6) is 0. The summed E-state index contributed by atoms with van der Waals surface area (Å²) in [5.41, 5.74) is 3.21. The molecular formula is C9H9NO. The zero-order valence-electron chi connectivity index (χ0n) is 6.04. The first-order chi connectivity index (χ1) is 5.40. The van der Waals surface area contributed by atoms with Crippen LogP contribution in [0.4, 0.5) is 5.69 Å². The molecule has 0 spiro atoms. The summed E-state index contributed by atoms with van der Waals surface area (Å²) in [6.07, 6.45) is 1.94. The normalized spacial score (nSPS) is 18.0. The third-order valence-corrected chi connectivity index (χ3v) is 1.85. The van der Waals surface area contributed by atoms with Crippen LogP contribution in [0, 0.1) is 0 Å². The molecule has 1 aliphatic rings. The van der Waals surface area contributed by atoms with Gasteiger partial charge in [0.2, 0.25) is 0 Å². The van der Waals surface area contributed by atoms with E-state index >= 15 is 0 Å². The molecule has 0 saturated heterocycles. The van der Waals surface area contributed by atoms with Crippen molar-refractivity contribution >= 4 is 5.69 Å². The van der Waals surface area contributed by atoms with Gasteiger partial charge in [-0.05, 0) is 11.6 Å². The highest BCUT2D eigenvalue weighted by atomic mass is 16.2. The zero-order valence-corrected chi connectivity index (χ0v) is 6.04. The van der Waals surface area contributed by atoms with Gasteiger partial charge < -0.3 is 10.4 Å². The van der Waals surface area contributed by atoms with Crippen LogP contribution >= 0.6 is 0 Å². The fourth-order valence-electron chi connectivity index (χ4n) is 1.30. The Morgan fingerprint density at radius 2 is 2.18 bits per heavy atom. The number of anilines is 1. The van der Waals surface area contributed by atoms with Crippen LogP contribution in [-0.2, 0) is 6.42 Å². The molecule has 0 unspecified atom stereocenters. The van der Waals surface area contributed by atoms with Crippen molar-refractivity contribution in [1.82, 2.24) is 0 Å². The maximum absolute atomic E-state index is 8.71. The summed E-state index contributed by atoms with van der Waals surface area (Å²) in [4.78, 5) is 0. The predicted octanol–water partition coefficient (Wildman–Crippen LogP) is 2.05. The molecule has 0 aromatic heterocycles. The number of hydrogen-bond acceptors (Lipinski definition) is 2. The minimum Gasteiger partial charge on any atom is -0.514 e. The number of fused-ring (bicyclic) bond motifs is 1. The van der Waals surface area contributed by atoms with Gasteiger partial charge in [0.1, 0.15) is 0 Å².